The molecule has 16 heteroatoms. The lowest BCUT2D eigenvalue weighted by Crippen LogP contribution is -2.42. The van der Waals surface area contributed by atoms with E-state index in [9.17, 15) is 39.6 Å². The van der Waals surface area contributed by atoms with Crippen molar-refractivity contribution in [3.8, 4) is 0 Å². The zero-order valence-electron chi connectivity index (χ0n) is 49.4. The molecule has 1 aliphatic rings. The molecule has 4 amide bonds. The molecule has 452 valence electrons. The average Bonchev–Trinajstić information content (AvgIpc) is 3.49. The molecule has 1 fully saturated rings. The molecule has 4 aromatic rings. The Kier molecular flexibility index (Phi) is 33.2. The van der Waals surface area contributed by atoms with E-state index in [1.165, 1.54) is 19.6 Å². The number of nitrogens with zero attached hydrogens (tertiary/aromatic N) is 8. The summed E-state index contributed by atoms with van der Waals surface area (Å²) in [4.78, 5) is 65.2. The third kappa shape index (κ3) is 29.2. The minimum absolute atomic E-state index is 0.404. The molecule has 4 N–H and O–H groups in total. The average molecular weight is 1130 g/mol. The van der Waals surface area contributed by atoms with Crippen LogP contribution in [-0.4, -0.2) is 189 Å². The van der Waals surface area contributed by atoms with Gasteiger partial charge in [0.15, 0.2) is 0 Å². The standard InChI is InChI=1S/C66H100N8O8/c75-63(76)71(55-59-31-13-9-14-32-59)47-25-5-1-21-39-67-43-29-44-69(41-23-3-7-27-49-73(65(79)80)57-61-35-17-11-18-36-61)53-54-70(42-24-4-8-28-50-74(66(81)82)58-62-37-19-12-20-38-62)46-30-45-68(52-51-67)40-22-2-6-26-48-72(64(77)78)56-60-33-15-10-16-34-60/h9-20,31-38H,1-8,21-30,39-58H2,(H,75,76)(H,77,78)(H,79,80)(H,81,82). The Bertz CT molecular complexity index is 1980. The minimum atomic E-state index is -0.875. The number of hydrogen-bond donors (Lipinski definition) is 4. The number of amides is 4. The molecule has 82 heavy (non-hydrogen) atoms. The summed E-state index contributed by atoms with van der Waals surface area (Å²) in [7, 11) is 0. The lowest BCUT2D eigenvalue weighted by Gasteiger charge is -2.32. The van der Waals surface area contributed by atoms with Crippen molar-refractivity contribution in [3.63, 3.8) is 0 Å². The van der Waals surface area contributed by atoms with Crippen LogP contribution in [0, 0.1) is 0 Å². The van der Waals surface area contributed by atoms with Crippen LogP contribution in [0.25, 0.3) is 0 Å². The summed E-state index contributed by atoms with van der Waals surface area (Å²) >= 11 is 0. The first-order valence-corrected chi connectivity index (χ1v) is 31.0. The highest BCUT2D eigenvalue weighted by atomic mass is 16.4. The van der Waals surface area contributed by atoms with Crippen LogP contribution in [0.5, 0.6) is 0 Å². The van der Waals surface area contributed by atoms with E-state index in [1.54, 1.807) is 0 Å². The van der Waals surface area contributed by atoms with Crippen LogP contribution < -0.4 is 0 Å². The number of benzene rings is 4. The summed E-state index contributed by atoms with van der Waals surface area (Å²) in [6.45, 7) is 15.8. The van der Waals surface area contributed by atoms with Gasteiger partial charge < -0.3 is 59.6 Å². The molecular formula is C66H100N8O8. The minimum Gasteiger partial charge on any atom is -0.465 e. The number of carboxylic acid groups (broad SMARTS) is 4. The van der Waals surface area contributed by atoms with Crippen LogP contribution in [0.4, 0.5) is 19.2 Å². The van der Waals surface area contributed by atoms with E-state index >= 15 is 0 Å². The Hall–Kier alpha value is -6.20. The monoisotopic (exact) mass is 1130 g/mol. The van der Waals surface area contributed by atoms with Crippen LogP contribution in [0.15, 0.2) is 121 Å². The molecule has 16 nitrogen and oxygen atoms in total. The van der Waals surface area contributed by atoms with Crippen LogP contribution in [0.1, 0.15) is 138 Å². The van der Waals surface area contributed by atoms with Gasteiger partial charge in [-0.15, -0.1) is 0 Å². The van der Waals surface area contributed by atoms with Gasteiger partial charge in [0.2, 0.25) is 0 Å². The van der Waals surface area contributed by atoms with Gasteiger partial charge >= 0.3 is 24.4 Å². The zero-order valence-corrected chi connectivity index (χ0v) is 49.4. The Balaban J connectivity index is 1.17. The van der Waals surface area contributed by atoms with E-state index in [4.69, 9.17) is 0 Å². The molecule has 0 bridgehead atoms. The number of hydrogen-bond acceptors (Lipinski definition) is 8. The molecule has 0 aromatic heterocycles. The fourth-order valence-corrected chi connectivity index (χ4v) is 11.1. The van der Waals surface area contributed by atoms with E-state index in [0.29, 0.717) is 52.4 Å². The van der Waals surface area contributed by atoms with Crippen molar-refractivity contribution in [2.24, 2.45) is 0 Å². The third-order valence-corrected chi connectivity index (χ3v) is 15.9. The maximum atomic E-state index is 12.1. The first-order valence-electron chi connectivity index (χ1n) is 31.0. The molecular weight excluding hydrogens is 1030 g/mol. The fourth-order valence-electron chi connectivity index (χ4n) is 11.1. The van der Waals surface area contributed by atoms with Gasteiger partial charge in [-0.1, -0.05) is 173 Å². The second kappa shape index (κ2) is 40.9. The fraction of sp³-hybridized carbons (Fsp3) is 0.576. The van der Waals surface area contributed by atoms with Crippen molar-refractivity contribution in [2.45, 2.75) is 142 Å². The molecule has 0 spiro atoms. The predicted molar refractivity (Wildman–Crippen MR) is 328 cm³/mol. The second-order valence-electron chi connectivity index (χ2n) is 22.5. The summed E-state index contributed by atoms with van der Waals surface area (Å²) in [5.74, 6) is 0. The van der Waals surface area contributed by atoms with Crippen LogP contribution in [0.3, 0.4) is 0 Å². The summed E-state index contributed by atoms with van der Waals surface area (Å²) < 4.78 is 0. The van der Waals surface area contributed by atoms with Gasteiger partial charge in [0.05, 0.1) is 0 Å². The van der Waals surface area contributed by atoms with Crippen molar-refractivity contribution in [2.75, 3.05) is 105 Å². The Morgan fingerprint density at radius 1 is 0.280 bits per heavy atom. The normalized spacial score (nSPS) is 14.4. The van der Waals surface area contributed by atoms with E-state index in [-0.39, 0.29) is 0 Å². The first-order chi connectivity index (χ1) is 40.0. The number of unbranched alkanes of at least 4 members (excludes halogenated alkanes) is 12. The van der Waals surface area contributed by atoms with E-state index in [1.807, 2.05) is 121 Å². The van der Waals surface area contributed by atoms with Crippen molar-refractivity contribution >= 4 is 24.4 Å². The van der Waals surface area contributed by atoms with Gasteiger partial charge in [-0.3, -0.25) is 0 Å². The van der Waals surface area contributed by atoms with Crippen LogP contribution in [-0.2, 0) is 26.2 Å². The van der Waals surface area contributed by atoms with Gasteiger partial charge in [-0.25, -0.2) is 19.2 Å². The lowest BCUT2D eigenvalue weighted by atomic mass is 10.1. The largest absolute Gasteiger partial charge is 0.465 e. The quantitative estimate of drug-likeness (QED) is 0.0318. The zero-order chi connectivity index (χ0) is 58.2. The summed E-state index contributed by atoms with van der Waals surface area (Å²) in [5.41, 5.74) is 4.01. The Morgan fingerprint density at radius 3 is 0.671 bits per heavy atom. The molecule has 4 aromatic carbocycles. The van der Waals surface area contributed by atoms with Crippen molar-refractivity contribution < 1.29 is 39.6 Å². The van der Waals surface area contributed by atoms with Gasteiger partial charge in [-0.2, -0.15) is 0 Å². The Morgan fingerprint density at radius 2 is 0.476 bits per heavy atom. The van der Waals surface area contributed by atoms with E-state index in [2.05, 4.69) is 19.6 Å². The number of rotatable bonds is 36. The summed E-state index contributed by atoms with van der Waals surface area (Å²) in [5, 5.41) is 39.7. The molecule has 0 aliphatic carbocycles. The van der Waals surface area contributed by atoms with E-state index in [0.717, 1.165) is 216 Å². The van der Waals surface area contributed by atoms with Gasteiger partial charge in [-0.05, 0) is 139 Å². The first kappa shape index (κ1) is 66.6. The highest BCUT2D eigenvalue weighted by Crippen LogP contribution is 2.16. The van der Waals surface area contributed by atoms with Crippen LogP contribution >= 0.6 is 0 Å². The highest BCUT2D eigenvalue weighted by molar-refractivity contribution is 5.66. The molecule has 0 radical (unpaired) electrons. The van der Waals surface area contributed by atoms with Gasteiger partial charge in [0.25, 0.3) is 0 Å². The SMILES string of the molecule is O=C(O)N(CCCCCCN1CCCN(CCCCCCN(Cc2ccccc2)C(=O)O)CCN(CCCCCCN(Cc2ccccc2)C(=O)O)CCCN(CCCCCCN(Cc2ccccc2)C(=O)O)CC1)Cc1ccccc1. The van der Waals surface area contributed by atoms with Gasteiger partial charge in [0.1, 0.15) is 0 Å². The molecule has 5 rings (SSSR count). The molecule has 0 atom stereocenters. The van der Waals surface area contributed by atoms with Crippen molar-refractivity contribution in [3.05, 3.63) is 144 Å². The Labute approximate surface area is 491 Å². The topological polar surface area (TPSA) is 175 Å². The molecule has 1 saturated heterocycles. The smallest absolute Gasteiger partial charge is 0.407 e. The summed E-state index contributed by atoms with van der Waals surface area (Å²) in [6, 6.07) is 39.2. The predicted octanol–water partition coefficient (Wildman–Crippen LogP) is 13.0. The molecule has 1 aliphatic heterocycles. The maximum Gasteiger partial charge on any atom is 0.407 e. The lowest BCUT2D eigenvalue weighted by molar-refractivity contribution is 0.139. The number of carbonyl (C=O) groups is 4. The van der Waals surface area contributed by atoms with Crippen molar-refractivity contribution in [1.29, 1.82) is 0 Å². The molecule has 1 heterocycles. The van der Waals surface area contributed by atoms with Gasteiger partial charge in [0, 0.05) is 78.5 Å². The van der Waals surface area contributed by atoms with Crippen LogP contribution in [0.2, 0.25) is 0 Å². The second-order valence-corrected chi connectivity index (χ2v) is 22.5. The van der Waals surface area contributed by atoms with E-state index < -0.39 is 24.4 Å². The van der Waals surface area contributed by atoms with Crippen molar-refractivity contribution in [1.82, 2.24) is 39.2 Å². The highest BCUT2D eigenvalue weighted by Gasteiger charge is 2.19. The maximum absolute atomic E-state index is 12.1. The molecule has 0 saturated carbocycles. The summed E-state index contributed by atoms with van der Waals surface area (Å²) in [6.07, 6.45) is 14.4. The molecule has 0 unspecified atom stereocenters. The third-order valence-electron chi connectivity index (χ3n) is 15.9.